The van der Waals surface area contributed by atoms with E-state index in [4.69, 9.17) is 28.8 Å². The Kier molecular flexibility index (Phi) is 6.15. The van der Waals surface area contributed by atoms with Gasteiger partial charge in [0.05, 0.1) is 16.8 Å². The van der Waals surface area contributed by atoms with Gasteiger partial charge in [-0.15, -0.1) is 0 Å². The van der Waals surface area contributed by atoms with Gasteiger partial charge in [-0.25, -0.2) is 19.9 Å². The van der Waals surface area contributed by atoms with Gasteiger partial charge in [-0.05, 0) is 42.5 Å². The topological polar surface area (TPSA) is 77.8 Å². The highest BCUT2D eigenvalue weighted by atomic mass is 16.3. The summed E-state index contributed by atoms with van der Waals surface area (Å²) in [6, 6.07) is 53.3. The van der Waals surface area contributed by atoms with E-state index >= 15 is 0 Å². The van der Waals surface area contributed by atoms with Crippen LogP contribution in [0.3, 0.4) is 0 Å². The maximum Gasteiger partial charge on any atom is 0.167 e. The molecule has 0 atom stereocenters. The Morgan fingerprint density at radius 1 is 0.346 bits per heavy atom. The van der Waals surface area contributed by atoms with Crippen molar-refractivity contribution in [2.75, 3.05) is 0 Å². The first-order valence-corrected chi connectivity index (χ1v) is 17.2. The van der Waals surface area contributed by atoms with Crippen LogP contribution >= 0.6 is 0 Å². The van der Waals surface area contributed by atoms with Crippen molar-refractivity contribution in [1.82, 2.24) is 19.9 Å². The molecule has 4 aromatic heterocycles. The maximum atomic E-state index is 6.79. The van der Waals surface area contributed by atoms with Gasteiger partial charge in [-0.3, -0.25) is 0 Å². The number of hydrogen-bond acceptors (Lipinski definition) is 6. The Morgan fingerprint density at radius 3 is 1.65 bits per heavy atom. The van der Waals surface area contributed by atoms with Crippen molar-refractivity contribution >= 4 is 65.6 Å². The van der Waals surface area contributed by atoms with E-state index in [-0.39, 0.29) is 0 Å². The average Bonchev–Trinajstić information content (AvgIpc) is 3.79. The van der Waals surface area contributed by atoms with E-state index in [9.17, 15) is 0 Å². The van der Waals surface area contributed by atoms with E-state index < -0.39 is 0 Å². The summed E-state index contributed by atoms with van der Waals surface area (Å²) in [5.74, 6) is 1.69. The first-order valence-electron chi connectivity index (χ1n) is 17.2. The Labute approximate surface area is 296 Å². The highest BCUT2D eigenvalue weighted by Gasteiger charge is 2.24. The normalized spacial score (nSPS) is 11.8. The summed E-state index contributed by atoms with van der Waals surface area (Å²) in [6.45, 7) is 0. The van der Waals surface area contributed by atoms with Gasteiger partial charge >= 0.3 is 0 Å². The van der Waals surface area contributed by atoms with E-state index in [1.165, 1.54) is 0 Å². The average molecular weight is 667 g/mol. The third-order valence-electron chi connectivity index (χ3n) is 9.90. The highest BCUT2D eigenvalue weighted by Crippen LogP contribution is 2.46. The van der Waals surface area contributed by atoms with Gasteiger partial charge in [-0.2, -0.15) is 0 Å². The molecular formula is C46H26N4O2. The van der Waals surface area contributed by atoms with Gasteiger partial charge in [0.1, 0.15) is 22.3 Å². The first kappa shape index (κ1) is 28.6. The van der Waals surface area contributed by atoms with Crippen molar-refractivity contribution in [3.8, 4) is 45.4 Å². The fourth-order valence-electron chi connectivity index (χ4n) is 7.52. The molecule has 4 heterocycles. The lowest BCUT2D eigenvalue weighted by Crippen LogP contribution is -2.01. The van der Waals surface area contributed by atoms with Crippen LogP contribution in [0.25, 0.3) is 111 Å². The van der Waals surface area contributed by atoms with E-state index in [2.05, 4.69) is 54.6 Å². The number of benzene rings is 7. The van der Waals surface area contributed by atoms with E-state index in [1.807, 2.05) is 103 Å². The third-order valence-corrected chi connectivity index (χ3v) is 9.90. The van der Waals surface area contributed by atoms with Gasteiger partial charge in [0.15, 0.2) is 17.5 Å². The van der Waals surface area contributed by atoms with Gasteiger partial charge in [-0.1, -0.05) is 115 Å². The van der Waals surface area contributed by atoms with Crippen LogP contribution in [0, 0.1) is 0 Å². The fourth-order valence-corrected chi connectivity index (χ4v) is 7.52. The molecule has 6 heteroatoms. The molecule has 0 aliphatic heterocycles. The van der Waals surface area contributed by atoms with Crippen LogP contribution in [0.15, 0.2) is 167 Å². The number of para-hydroxylation sites is 3. The fraction of sp³-hybridized carbons (Fsp3) is 0. The molecule has 0 bridgehead atoms. The second-order valence-corrected chi connectivity index (χ2v) is 13.0. The van der Waals surface area contributed by atoms with E-state index in [1.54, 1.807) is 0 Å². The van der Waals surface area contributed by atoms with Gasteiger partial charge in [0.25, 0.3) is 0 Å². The van der Waals surface area contributed by atoms with E-state index in [0.717, 1.165) is 93.5 Å². The molecule has 0 amide bonds. The summed E-state index contributed by atoms with van der Waals surface area (Å²) in [5, 5.41) is 7.23. The van der Waals surface area contributed by atoms with Crippen molar-refractivity contribution in [2.45, 2.75) is 0 Å². The van der Waals surface area contributed by atoms with Crippen molar-refractivity contribution in [3.63, 3.8) is 0 Å². The Balaban J connectivity index is 1.29. The van der Waals surface area contributed by atoms with Crippen LogP contribution in [-0.2, 0) is 0 Å². The number of pyridine rings is 1. The molecule has 0 aliphatic carbocycles. The molecule has 0 spiro atoms. The second-order valence-electron chi connectivity index (χ2n) is 13.0. The van der Waals surface area contributed by atoms with Crippen LogP contribution in [0.2, 0.25) is 0 Å². The van der Waals surface area contributed by atoms with Crippen molar-refractivity contribution in [2.24, 2.45) is 0 Å². The molecular weight excluding hydrogens is 641 g/mol. The highest BCUT2D eigenvalue weighted by molar-refractivity contribution is 6.30. The predicted octanol–water partition coefficient (Wildman–Crippen LogP) is 12.0. The zero-order chi connectivity index (χ0) is 34.2. The third kappa shape index (κ3) is 4.38. The molecule has 7 aromatic carbocycles. The smallest absolute Gasteiger partial charge is 0.167 e. The van der Waals surface area contributed by atoms with Crippen molar-refractivity contribution in [1.29, 1.82) is 0 Å². The second kappa shape index (κ2) is 11.2. The Hall–Kier alpha value is -7.18. The molecule has 0 saturated heterocycles. The molecule has 242 valence electrons. The van der Waals surface area contributed by atoms with Crippen LogP contribution in [0.5, 0.6) is 0 Å². The minimum Gasteiger partial charge on any atom is -0.456 e. The number of fused-ring (bicyclic) bond motifs is 10. The molecule has 11 aromatic rings. The number of hydrogen-bond donors (Lipinski definition) is 0. The summed E-state index contributed by atoms with van der Waals surface area (Å²) in [5.41, 5.74) is 8.52. The summed E-state index contributed by atoms with van der Waals surface area (Å²) in [4.78, 5) is 20.6. The SMILES string of the molecule is c1ccc(-c2nc(-c3ccccc3)nc(-c3cc4c(-c5ccc6oc7ccccc7c6c5)nc5ccccc5c4c4c3oc3ccccc34)n2)cc1. The van der Waals surface area contributed by atoms with Crippen LogP contribution in [0.1, 0.15) is 0 Å². The maximum absolute atomic E-state index is 6.79. The standard InChI is InChI=1S/C46H26N4O2/c1-3-13-27(14-4-1)44-48-45(28-15-5-2-6-16-28)50-46(49-44)35-26-34-40(41-32-19-9-12-22-38(32)52-43(35)41)31-18-7-10-20-36(31)47-42(34)29-23-24-39-33(25-29)30-17-8-11-21-37(30)51-39/h1-26H. The number of aromatic nitrogens is 4. The molecule has 0 radical (unpaired) electrons. The molecule has 0 saturated carbocycles. The molecule has 52 heavy (non-hydrogen) atoms. The molecule has 6 nitrogen and oxygen atoms in total. The lowest BCUT2D eigenvalue weighted by atomic mass is 9.93. The molecule has 0 N–H and O–H groups in total. The lowest BCUT2D eigenvalue weighted by molar-refractivity contribution is 0.669. The van der Waals surface area contributed by atoms with Gasteiger partial charge < -0.3 is 8.83 Å². The van der Waals surface area contributed by atoms with E-state index in [0.29, 0.717) is 17.5 Å². The van der Waals surface area contributed by atoms with Gasteiger partial charge in [0, 0.05) is 54.4 Å². The summed E-state index contributed by atoms with van der Waals surface area (Å²) in [6.07, 6.45) is 0. The quantitative estimate of drug-likeness (QED) is 0.174. The number of rotatable bonds is 4. The minimum absolute atomic E-state index is 0.522. The number of nitrogens with zero attached hydrogens (tertiary/aromatic N) is 4. The summed E-state index contributed by atoms with van der Waals surface area (Å²) >= 11 is 0. The van der Waals surface area contributed by atoms with Crippen LogP contribution < -0.4 is 0 Å². The van der Waals surface area contributed by atoms with Gasteiger partial charge in [0.2, 0.25) is 0 Å². The summed E-state index contributed by atoms with van der Waals surface area (Å²) < 4.78 is 13.0. The monoisotopic (exact) mass is 666 g/mol. The minimum atomic E-state index is 0.522. The largest absolute Gasteiger partial charge is 0.456 e. The molecule has 11 rings (SSSR count). The zero-order valence-electron chi connectivity index (χ0n) is 27.6. The zero-order valence-corrected chi connectivity index (χ0v) is 27.6. The first-order chi connectivity index (χ1) is 25.8. The lowest BCUT2D eigenvalue weighted by Gasteiger charge is -2.14. The molecule has 0 aliphatic rings. The number of furan rings is 2. The van der Waals surface area contributed by atoms with Crippen LogP contribution in [0.4, 0.5) is 0 Å². The van der Waals surface area contributed by atoms with Crippen LogP contribution in [-0.4, -0.2) is 19.9 Å². The summed E-state index contributed by atoms with van der Waals surface area (Å²) in [7, 11) is 0. The molecule has 0 unspecified atom stereocenters. The predicted molar refractivity (Wildman–Crippen MR) is 209 cm³/mol. The van der Waals surface area contributed by atoms with Crippen molar-refractivity contribution < 1.29 is 8.83 Å². The molecule has 0 fully saturated rings. The Morgan fingerprint density at radius 2 is 0.923 bits per heavy atom. The van der Waals surface area contributed by atoms with Crippen molar-refractivity contribution in [3.05, 3.63) is 158 Å². The Bertz CT molecular complexity index is 3130.